The van der Waals surface area contributed by atoms with E-state index in [2.05, 4.69) is 25.3 Å². The van der Waals surface area contributed by atoms with E-state index in [4.69, 9.17) is 5.73 Å². The fraction of sp³-hybridized carbons (Fsp3) is 0.158. The van der Waals surface area contributed by atoms with E-state index < -0.39 is 11.6 Å². The predicted octanol–water partition coefficient (Wildman–Crippen LogP) is 3.69. The summed E-state index contributed by atoms with van der Waals surface area (Å²) >= 11 is 0. The van der Waals surface area contributed by atoms with Gasteiger partial charge < -0.3 is 11.1 Å². The van der Waals surface area contributed by atoms with Crippen LogP contribution < -0.4 is 11.1 Å². The lowest BCUT2D eigenvalue weighted by atomic mass is 10.2. The number of hydrogen-bond donors (Lipinski definition) is 2. The summed E-state index contributed by atoms with van der Waals surface area (Å²) in [4.78, 5) is 16.9. The Bertz CT molecular complexity index is 1170. The van der Waals surface area contributed by atoms with Crippen molar-refractivity contribution < 1.29 is 8.78 Å². The van der Waals surface area contributed by atoms with E-state index in [1.807, 2.05) is 38.1 Å². The molecule has 0 aliphatic rings. The second kappa shape index (κ2) is 6.84. The van der Waals surface area contributed by atoms with Crippen molar-refractivity contribution in [3.8, 4) is 5.95 Å². The Hall–Kier alpha value is -3.62. The highest BCUT2D eigenvalue weighted by atomic mass is 19.1. The maximum absolute atomic E-state index is 14.2. The zero-order valence-electron chi connectivity index (χ0n) is 15.2. The van der Waals surface area contributed by atoms with Gasteiger partial charge in [-0.1, -0.05) is 24.6 Å². The summed E-state index contributed by atoms with van der Waals surface area (Å²) in [5.41, 5.74) is 8.01. The Morgan fingerprint density at radius 3 is 2.50 bits per heavy atom. The molecule has 142 valence electrons. The van der Waals surface area contributed by atoms with E-state index in [9.17, 15) is 8.78 Å². The maximum atomic E-state index is 14.2. The second-order valence-corrected chi connectivity index (χ2v) is 6.28. The van der Waals surface area contributed by atoms with Crippen LogP contribution in [-0.2, 0) is 6.42 Å². The highest BCUT2D eigenvalue weighted by Gasteiger charge is 2.19. The van der Waals surface area contributed by atoms with Gasteiger partial charge in [-0.3, -0.25) is 4.57 Å². The first-order valence-electron chi connectivity index (χ1n) is 8.66. The molecule has 0 unspecified atom stereocenters. The fourth-order valence-electron chi connectivity index (χ4n) is 2.91. The van der Waals surface area contributed by atoms with Crippen molar-refractivity contribution in [1.29, 1.82) is 0 Å². The maximum Gasteiger partial charge on any atom is 0.242 e. The van der Waals surface area contributed by atoms with E-state index in [0.29, 0.717) is 12.2 Å². The van der Waals surface area contributed by atoms with Gasteiger partial charge in [-0.2, -0.15) is 15.0 Å². The van der Waals surface area contributed by atoms with E-state index in [-0.39, 0.29) is 28.9 Å². The van der Waals surface area contributed by atoms with Gasteiger partial charge in [-0.05, 0) is 19.1 Å². The highest BCUT2D eigenvalue weighted by molar-refractivity contribution is 5.78. The number of nitrogens with two attached hydrogens (primary N) is 1. The Labute approximate surface area is 159 Å². The number of aryl methyl sites for hydroxylation is 2. The zero-order chi connectivity index (χ0) is 19.8. The normalized spacial score (nSPS) is 11.1. The summed E-state index contributed by atoms with van der Waals surface area (Å²) in [7, 11) is 0. The Morgan fingerprint density at radius 1 is 1.04 bits per heavy atom. The molecule has 0 aliphatic heterocycles. The minimum Gasteiger partial charge on any atom is -0.368 e. The van der Waals surface area contributed by atoms with Crippen LogP contribution in [0.25, 0.3) is 17.0 Å². The Morgan fingerprint density at radius 2 is 1.79 bits per heavy atom. The van der Waals surface area contributed by atoms with Crippen molar-refractivity contribution in [2.75, 3.05) is 11.1 Å². The lowest BCUT2D eigenvalue weighted by molar-refractivity contribution is 0.590. The van der Waals surface area contributed by atoms with Gasteiger partial charge in [-0.15, -0.1) is 0 Å². The van der Waals surface area contributed by atoms with Crippen LogP contribution in [0.5, 0.6) is 0 Å². The molecule has 28 heavy (non-hydrogen) atoms. The minimum atomic E-state index is -0.747. The summed E-state index contributed by atoms with van der Waals surface area (Å²) in [5, 5.41) is 3.06. The molecule has 4 aromatic rings. The van der Waals surface area contributed by atoms with E-state index in [1.54, 1.807) is 0 Å². The van der Waals surface area contributed by atoms with Crippen molar-refractivity contribution in [2.45, 2.75) is 20.3 Å². The third kappa shape index (κ3) is 3.22. The summed E-state index contributed by atoms with van der Waals surface area (Å²) in [6.45, 7) is 3.83. The number of halogens is 2. The van der Waals surface area contributed by atoms with Crippen LogP contribution >= 0.6 is 0 Å². The van der Waals surface area contributed by atoms with Gasteiger partial charge in [0, 0.05) is 24.2 Å². The first kappa shape index (κ1) is 17.8. The molecule has 0 bridgehead atoms. The molecule has 0 aliphatic carbocycles. The number of nitrogens with one attached hydrogen (secondary N) is 1. The number of nitrogens with zero attached hydrogens (tertiary/aromatic N) is 5. The SMILES string of the molecule is CCc1nc2c(F)cc(F)cc2n1-c1nc(N)nc(Nc2ccc(C)cc2)n1. The summed E-state index contributed by atoms with van der Waals surface area (Å²) in [6, 6.07) is 9.63. The minimum absolute atomic E-state index is 0.0274. The first-order chi connectivity index (χ1) is 13.4. The van der Waals surface area contributed by atoms with Gasteiger partial charge in [0.15, 0.2) is 5.82 Å². The van der Waals surface area contributed by atoms with Gasteiger partial charge in [0.1, 0.15) is 17.2 Å². The van der Waals surface area contributed by atoms with Crippen molar-refractivity contribution >= 4 is 28.6 Å². The van der Waals surface area contributed by atoms with E-state index in [0.717, 1.165) is 17.3 Å². The monoisotopic (exact) mass is 381 g/mol. The number of rotatable bonds is 4. The third-order valence-corrected chi connectivity index (χ3v) is 4.21. The molecule has 7 nitrogen and oxygen atoms in total. The van der Waals surface area contributed by atoms with Crippen molar-refractivity contribution in [2.24, 2.45) is 0 Å². The molecule has 0 amide bonds. The Balaban J connectivity index is 1.85. The largest absolute Gasteiger partial charge is 0.368 e. The summed E-state index contributed by atoms with van der Waals surface area (Å²) < 4.78 is 29.5. The lowest BCUT2D eigenvalue weighted by Crippen LogP contribution is -2.11. The molecule has 0 fully saturated rings. The standard InChI is InChI=1S/C19H17F2N7/c1-3-15-24-16-13(21)8-11(20)9-14(16)28(15)19-26-17(22)25-18(27-19)23-12-6-4-10(2)5-7-12/h4-9H,3H2,1-2H3,(H3,22,23,25,26,27). The van der Waals surface area contributed by atoms with Crippen LogP contribution in [0.2, 0.25) is 0 Å². The van der Waals surface area contributed by atoms with Gasteiger partial charge in [0.2, 0.25) is 17.8 Å². The first-order valence-corrected chi connectivity index (χ1v) is 8.66. The number of benzene rings is 2. The number of nitrogen functional groups attached to an aromatic ring is 1. The number of aromatic nitrogens is 5. The van der Waals surface area contributed by atoms with Crippen LogP contribution in [0.4, 0.5) is 26.4 Å². The number of anilines is 3. The predicted molar refractivity (Wildman–Crippen MR) is 103 cm³/mol. The van der Waals surface area contributed by atoms with Crippen molar-refractivity contribution in [3.63, 3.8) is 0 Å². The molecule has 0 atom stereocenters. The van der Waals surface area contributed by atoms with Gasteiger partial charge in [0.25, 0.3) is 0 Å². The van der Waals surface area contributed by atoms with Crippen LogP contribution in [0.3, 0.4) is 0 Å². The smallest absolute Gasteiger partial charge is 0.242 e. The van der Waals surface area contributed by atoms with Crippen molar-refractivity contribution in [3.05, 3.63) is 59.4 Å². The van der Waals surface area contributed by atoms with Crippen LogP contribution in [0, 0.1) is 18.6 Å². The van der Waals surface area contributed by atoms with Gasteiger partial charge in [-0.25, -0.2) is 13.8 Å². The fourth-order valence-corrected chi connectivity index (χ4v) is 2.91. The van der Waals surface area contributed by atoms with Gasteiger partial charge in [0.05, 0.1) is 5.52 Å². The zero-order valence-corrected chi connectivity index (χ0v) is 15.2. The molecule has 3 N–H and O–H groups in total. The average molecular weight is 381 g/mol. The van der Waals surface area contributed by atoms with Crippen LogP contribution in [-0.4, -0.2) is 24.5 Å². The molecule has 0 spiro atoms. The van der Waals surface area contributed by atoms with E-state index in [1.165, 1.54) is 10.6 Å². The van der Waals surface area contributed by atoms with E-state index >= 15 is 0 Å². The molecular formula is C19H17F2N7. The molecule has 2 aromatic heterocycles. The molecular weight excluding hydrogens is 364 g/mol. The number of imidazole rings is 1. The topological polar surface area (TPSA) is 94.5 Å². The average Bonchev–Trinajstić information content (AvgIpc) is 3.02. The molecule has 2 aromatic carbocycles. The molecule has 0 saturated heterocycles. The number of hydrogen-bond acceptors (Lipinski definition) is 6. The van der Waals surface area contributed by atoms with Crippen molar-refractivity contribution in [1.82, 2.24) is 24.5 Å². The quantitative estimate of drug-likeness (QED) is 0.560. The molecule has 0 saturated carbocycles. The Kier molecular flexibility index (Phi) is 4.34. The highest BCUT2D eigenvalue weighted by Crippen LogP contribution is 2.25. The summed E-state index contributed by atoms with van der Waals surface area (Å²) in [5.74, 6) is -0.664. The molecule has 0 radical (unpaired) electrons. The molecule has 2 heterocycles. The number of fused-ring (bicyclic) bond motifs is 1. The van der Waals surface area contributed by atoms with Crippen LogP contribution in [0.1, 0.15) is 18.3 Å². The second-order valence-electron chi connectivity index (χ2n) is 6.28. The van der Waals surface area contributed by atoms with Gasteiger partial charge >= 0.3 is 0 Å². The molecule has 9 heteroatoms. The lowest BCUT2D eigenvalue weighted by Gasteiger charge is -2.10. The third-order valence-electron chi connectivity index (χ3n) is 4.21. The summed E-state index contributed by atoms with van der Waals surface area (Å²) in [6.07, 6.45) is 0.460. The van der Waals surface area contributed by atoms with Crippen LogP contribution in [0.15, 0.2) is 36.4 Å². The molecule has 4 rings (SSSR count).